The van der Waals surface area contributed by atoms with Crippen LogP contribution in [0.1, 0.15) is 28.9 Å². The average Bonchev–Trinajstić information content (AvgIpc) is 2.94. The molecule has 26 heavy (non-hydrogen) atoms. The molecule has 6 heteroatoms. The number of hydrogen-bond donors (Lipinski definition) is 1. The van der Waals surface area contributed by atoms with Crippen LogP contribution in [0.15, 0.2) is 64.5 Å². The lowest BCUT2D eigenvalue weighted by molar-refractivity contribution is 0.0937. The van der Waals surface area contributed by atoms with Gasteiger partial charge in [-0.25, -0.2) is 0 Å². The fraction of sp³-hybridized carbons (Fsp3) is 0.100. The van der Waals surface area contributed by atoms with Crippen LogP contribution in [0, 0.1) is 11.3 Å². The van der Waals surface area contributed by atoms with E-state index in [2.05, 4.69) is 22.0 Å². The maximum absolute atomic E-state index is 12.5. The number of nitriles is 1. The third-order valence-corrected chi connectivity index (χ3v) is 5.01. The number of carbonyl (C=O) groups excluding carboxylic acids is 1. The van der Waals surface area contributed by atoms with Gasteiger partial charge in [0.25, 0.3) is 0 Å². The zero-order valence-corrected chi connectivity index (χ0v) is 15.4. The molecule has 0 radical (unpaired) electrons. The molecule has 1 atom stereocenters. The lowest BCUT2D eigenvalue weighted by atomic mass is 9.87. The molecule has 0 saturated heterocycles. The minimum absolute atomic E-state index is 0.0661. The van der Waals surface area contributed by atoms with Crippen LogP contribution in [0.25, 0.3) is 10.9 Å². The van der Waals surface area contributed by atoms with E-state index in [1.54, 1.807) is 4.57 Å². The standard InChI is InChI=1S/C20H14BrN3O2/c1-11(25)24-16-8-3-2-7-14(16)19-18(24)17(15(10-22)20(23)26-19)12-5-4-6-13(21)9-12/h2-9,17H,23H2,1H3/t17-/m1/s1. The Morgan fingerprint density at radius 2 is 2.04 bits per heavy atom. The number of nitrogens with zero attached hydrogens (tertiary/aromatic N) is 2. The topological polar surface area (TPSA) is 81.0 Å². The number of nitrogens with two attached hydrogens (primary N) is 1. The van der Waals surface area contributed by atoms with Crippen molar-refractivity contribution in [2.24, 2.45) is 5.73 Å². The normalized spacial score (nSPS) is 16.1. The van der Waals surface area contributed by atoms with Crippen LogP contribution in [0.4, 0.5) is 0 Å². The Balaban J connectivity index is 2.13. The van der Waals surface area contributed by atoms with E-state index < -0.39 is 5.92 Å². The van der Waals surface area contributed by atoms with Gasteiger partial charge in [-0.2, -0.15) is 5.26 Å². The lowest BCUT2D eigenvalue weighted by Crippen LogP contribution is -2.24. The van der Waals surface area contributed by atoms with E-state index in [1.165, 1.54) is 6.92 Å². The van der Waals surface area contributed by atoms with Gasteiger partial charge in [0.2, 0.25) is 11.8 Å². The summed E-state index contributed by atoms with van der Waals surface area (Å²) in [6.07, 6.45) is 0. The Hall–Kier alpha value is -3.04. The van der Waals surface area contributed by atoms with Gasteiger partial charge in [0.1, 0.15) is 11.6 Å². The second-order valence-electron chi connectivity index (χ2n) is 6.07. The van der Waals surface area contributed by atoms with Crippen molar-refractivity contribution >= 4 is 32.7 Å². The molecule has 5 nitrogen and oxygen atoms in total. The quantitative estimate of drug-likeness (QED) is 0.652. The summed E-state index contributed by atoms with van der Waals surface area (Å²) in [6.45, 7) is 1.50. The van der Waals surface area contributed by atoms with E-state index in [0.29, 0.717) is 17.0 Å². The molecule has 1 aliphatic heterocycles. The number of ether oxygens (including phenoxy) is 1. The molecule has 2 aromatic carbocycles. The van der Waals surface area contributed by atoms with E-state index in [1.807, 2.05) is 48.5 Å². The molecule has 0 fully saturated rings. The van der Waals surface area contributed by atoms with E-state index >= 15 is 0 Å². The third kappa shape index (κ3) is 2.32. The predicted octanol–water partition coefficient (Wildman–Crippen LogP) is 4.28. The Morgan fingerprint density at radius 1 is 1.27 bits per heavy atom. The van der Waals surface area contributed by atoms with Crippen LogP contribution in [0.3, 0.4) is 0 Å². The van der Waals surface area contributed by atoms with E-state index in [9.17, 15) is 10.1 Å². The van der Waals surface area contributed by atoms with Gasteiger partial charge in [-0.15, -0.1) is 0 Å². The van der Waals surface area contributed by atoms with Crippen LogP contribution in [0.5, 0.6) is 5.75 Å². The van der Waals surface area contributed by atoms with Crippen LogP contribution >= 0.6 is 15.9 Å². The first-order valence-corrected chi connectivity index (χ1v) is 8.79. The zero-order valence-electron chi connectivity index (χ0n) is 13.9. The van der Waals surface area contributed by atoms with Gasteiger partial charge in [0.05, 0.1) is 17.1 Å². The summed E-state index contributed by atoms with van der Waals surface area (Å²) >= 11 is 3.47. The second-order valence-corrected chi connectivity index (χ2v) is 6.98. The molecule has 128 valence electrons. The highest BCUT2D eigenvalue weighted by Crippen LogP contribution is 2.47. The summed E-state index contributed by atoms with van der Waals surface area (Å²) in [7, 11) is 0. The van der Waals surface area contributed by atoms with Gasteiger partial charge in [-0.05, 0) is 29.8 Å². The summed E-state index contributed by atoms with van der Waals surface area (Å²) in [5, 5.41) is 10.5. The molecule has 1 aliphatic rings. The molecule has 0 amide bonds. The number of fused-ring (bicyclic) bond motifs is 3. The van der Waals surface area contributed by atoms with Crippen LogP contribution in [-0.2, 0) is 0 Å². The first-order valence-electron chi connectivity index (χ1n) is 8.00. The summed E-state index contributed by atoms with van der Waals surface area (Å²) in [5.41, 5.74) is 8.58. The molecule has 0 spiro atoms. The second kappa shape index (κ2) is 6.04. The summed E-state index contributed by atoms with van der Waals surface area (Å²) in [6, 6.07) is 17.3. The van der Waals surface area contributed by atoms with Gasteiger partial charge < -0.3 is 10.5 Å². The maximum Gasteiger partial charge on any atom is 0.228 e. The van der Waals surface area contributed by atoms with Crippen molar-refractivity contribution in [2.75, 3.05) is 0 Å². The molecule has 2 N–H and O–H groups in total. The summed E-state index contributed by atoms with van der Waals surface area (Å²) < 4.78 is 8.30. The molecule has 0 bridgehead atoms. The number of carbonyl (C=O) groups is 1. The van der Waals surface area contributed by atoms with Crippen molar-refractivity contribution in [3.05, 3.63) is 75.7 Å². The highest BCUT2D eigenvalue weighted by atomic mass is 79.9. The first-order chi connectivity index (χ1) is 12.5. The van der Waals surface area contributed by atoms with Crippen LogP contribution < -0.4 is 10.5 Å². The SMILES string of the molecule is CC(=O)n1c2c(c3ccccc31)OC(N)=C(C#N)[C@H]2c1cccc(Br)c1. The van der Waals surface area contributed by atoms with Crippen molar-refractivity contribution in [2.45, 2.75) is 12.8 Å². The fourth-order valence-electron chi connectivity index (χ4n) is 3.51. The number of halogens is 1. The lowest BCUT2D eigenvalue weighted by Gasteiger charge is -2.25. The number of hydrogen-bond acceptors (Lipinski definition) is 4. The summed E-state index contributed by atoms with van der Waals surface area (Å²) in [4.78, 5) is 12.5. The van der Waals surface area contributed by atoms with E-state index in [-0.39, 0.29) is 11.8 Å². The Bertz CT molecular complexity index is 1140. The van der Waals surface area contributed by atoms with Gasteiger partial charge in [-0.3, -0.25) is 9.36 Å². The molecular weight excluding hydrogens is 394 g/mol. The number of benzene rings is 2. The van der Waals surface area contributed by atoms with Gasteiger partial charge in [-0.1, -0.05) is 40.2 Å². The molecule has 0 aliphatic carbocycles. The Morgan fingerprint density at radius 3 is 2.73 bits per heavy atom. The van der Waals surface area contributed by atoms with E-state index in [4.69, 9.17) is 10.5 Å². The minimum Gasteiger partial charge on any atom is -0.438 e. The smallest absolute Gasteiger partial charge is 0.228 e. The van der Waals surface area contributed by atoms with Crippen LogP contribution in [-0.4, -0.2) is 10.5 Å². The molecule has 3 aromatic rings. The number of rotatable bonds is 1. The van der Waals surface area contributed by atoms with E-state index in [0.717, 1.165) is 20.9 Å². The van der Waals surface area contributed by atoms with Gasteiger partial charge >= 0.3 is 0 Å². The third-order valence-electron chi connectivity index (χ3n) is 4.52. The number of aromatic nitrogens is 1. The molecular formula is C20H14BrN3O2. The highest BCUT2D eigenvalue weighted by Gasteiger charge is 2.36. The zero-order chi connectivity index (χ0) is 18.4. The van der Waals surface area contributed by atoms with Gasteiger partial charge in [0.15, 0.2) is 5.75 Å². The van der Waals surface area contributed by atoms with Crippen molar-refractivity contribution in [3.8, 4) is 11.8 Å². The minimum atomic E-state index is -0.488. The molecule has 0 saturated carbocycles. The number of allylic oxidation sites excluding steroid dienone is 1. The Labute approximate surface area is 158 Å². The van der Waals surface area contributed by atoms with Crippen molar-refractivity contribution < 1.29 is 9.53 Å². The first kappa shape index (κ1) is 16.4. The van der Waals surface area contributed by atoms with Gasteiger partial charge in [0, 0.05) is 16.8 Å². The summed E-state index contributed by atoms with van der Waals surface area (Å²) in [5.74, 6) is -0.0462. The largest absolute Gasteiger partial charge is 0.438 e. The van der Waals surface area contributed by atoms with Crippen molar-refractivity contribution in [3.63, 3.8) is 0 Å². The molecule has 2 heterocycles. The predicted molar refractivity (Wildman–Crippen MR) is 102 cm³/mol. The fourth-order valence-corrected chi connectivity index (χ4v) is 3.93. The number of para-hydroxylation sites is 1. The van der Waals surface area contributed by atoms with Crippen molar-refractivity contribution in [1.29, 1.82) is 5.26 Å². The Kier molecular flexibility index (Phi) is 3.82. The highest BCUT2D eigenvalue weighted by molar-refractivity contribution is 9.10. The molecule has 0 unspecified atom stereocenters. The maximum atomic E-state index is 12.5. The molecule has 1 aromatic heterocycles. The molecule has 4 rings (SSSR count). The van der Waals surface area contributed by atoms with Crippen LogP contribution in [0.2, 0.25) is 0 Å². The monoisotopic (exact) mass is 407 g/mol. The average molecular weight is 408 g/mol. The van der Waals surface area contributed by atoms with Crippen molar-refractivity contribution in [1.82, 2.24) is 4.57 Å².